The van der Waals surface area contributed by atoms with Crippen LogP contribution in [0.4, 0.5) is 0 Å². The fraction of sp³-hybridized carbons (Fsp3) is 0.875. The Bertz CT molecular complexity index is 1380. The average molecular weight is 730 g/mol. The summed E-state index contributed by atoms with van der Waals surface area (Å²) in [7, 11) is 1.66. The quantitative estimate of drug-likeness (QED) is 0.409. The fourth-order valence-corrected chi connectivity index (χ4v) is 11.3. The van der Waals surface area contributed by atoms with Gasteiger partial charge in [-0.05, 0) is 62.0 Å². The minimum Gasteiger partial charge on any atom is -0.392 e. The van der Waals surface area contributed by atoms with E-state index in [-0.39, 0.29) is 122 Å². The van der Waals surface area contributed by atoms with Crippen molar-refractivity contribution in [3.05, 3.63) is 24.3 Å². The van der Waals surface area contributed by atoms with Gasteiger partial charge in [0.05, 0.1) is 67.1 Å². The van der Waals surface area contributed by atoms with Crippen LogP contribution in [-0.4, -0.2) is 128 Å². The van der Waals surface area contributed by atoms with E-state index in [2.05, 4.69) is 20.1 Å². The van der Waals surface area contributed by atoms with Gasteiger partial charge in [0.25, 0.3) is 0 Å². The monoisotopic (exact) mass is 729 g/mol. The number of hydrogen-bond donors (Lipinski definition) is 2. The normalized spacial score (nSPS) is 52.4. The van der Waals surface area contributed by atoms with Gasteiger partial charge in [-0.25, -0.2) is 0 Å². The van der Waals surface area contributed by atoms with Gasteiger partial charge in [-0.3, -0.25) is 4.79 Å². The van der Waals surface area contributed by atoms with E-state index in [1.807, 2.05) is 0 Å². The van der Waals surface area contributed by atoms with Gasteiger partial charge in [-0.15, -0.1) is 0 Å². The predicted octanol–water partition coefficient (Wildman–Crippen LogP) is 3.44. The summed E-state index contributed by atoms with van der Waals surface area (Å²) in [6.45, 7) is 11.3. The molecule has 290 valence electrons. The molecule has 1 spiro atoms. The number of ether oxygens (including phenoxy) is 9. The van der Waals surface area contributed by atoms with Crippen LogP contribution in [0.3, 0.4) is 0 Å². The first kappa shape index (κ1) is 36.4. The van der Waals surface area contributed by atoms with E-state index in [0.29, 0.717) is 25.7 Å². The first-order valence-electron chi connectivity index (χ1n) is 20.2. The van der Waals surface area contributed by atoms with Crippen LogP contribution in [0, 0.1) is 11.8 Å². The molecule has 0 aromatic rings. The molecule has 19 atom stereocenters. The van der Waals surface area contributed by atoms with Gasteiger partial charge in [-0.2, -0.15) is 0 Å². The largest absolute Gasteiger partial charge is 0.392 e. The molecule has 3 N–H and O–H groups in total. The fourth-order valence-electron chi connectivity index (χ4n) is 11.3. The summed E-state index contributed by atoms with van der Waals surface area (Å²) in [4.78, 5) is 14.1. The maximum absolute atomic E-state index is 14.1. The summed E-state index contributed by atoms with van der Waals surface area (Å²) in [5.41, 5.74) is 8.01. The molecule has 12 heteroatoms. The highest BCUT2D eigenvalue weighted by Crippen LogP contribution is 2.54. The molecule has 0 aromatic carbocycles. The summed E-state index contributed by atoms with van der Waals surface area (Å²) in [5, 5.41) is 10.5. The summed E-state index contributed by atoms with van der Waals surface area (Å²) < 4.78 is 60.0. The van der Waals surface area contributed by atoms with Crippen LogP contribution in [0.15, 0.2) is 24.3 Å². The maximum Gasteiger partial charge on any atom is 0.172 e. The molecule has 10 fully saturated rings. The molecule has 12 nitrogen and oxygen atoms in total. The number of rotatable bonds is 4. The van der Waals surface area contributed by atoms with Crippen LogP contribution in [0.1, 0.15) is 90.4 Å². The number of fused-ring (bicyclic) bond motifs is 6. The number of methoxy groups -OCH3 is 1. The Morgan fingerprint density at radius 2 is 1.56 bits per heavy atom. The van der Waals surface area contributed by atoms with Gasteiger partial charge >= 0.3 is 0 Å². The zero-order chi connectivity index (χ0) is 35.9. The summed E-state index contributed by atoms with van der Waals surface area (Å²) in [6.07, 6.45) is 4.85. The van der Waals surface area contributed by atoms with E-state index < -0.39 is 18.0 Å². The number of aliphatic hydroxyl groups is 1. The van der Waals surface area contributed by atoms with Crippen molar-refractivity contribution in [1.82, 2.24) is 0 Å². The third kappa shape index (κ3) is 6.59. The number of nitrogens with two attached hydrogens (primary N) is 1. The predicted molar refractivity (Wildman–Crippen MR) is 186 cm³/mol. The molecule has 0 aromatic heterocycles. The first-order chi connectivity index (χ1) is 25.1. The molecule has 0 saturated carbocycles. The van der Waals surface area contributed by atoms with Crippen LogP contribution in [0.5, 0.6) is 0 Å². The van der Waals surface area contributed by atoms with Gasteiger partial charge in [0.15, 0.2) is 5.79 Å². The van der Waals surface area contributed by atoms with Crippen LogP contribution >= 0.6 is 0 Å². The number of ketones is 1. The van der Waals surface area contributed by atoms with Crippen molar-refractivity contribution in [2.24, 2.45) is 17.6 Å². The highest BCUT2D eigenvalue weighted by atomic mass is 16.8. The van der Waals surface area contributed by atoms with Crippen LogP contribution in [0.25, 0.3) is 0 Å². The van der Waals surface area contributed by atoms with Gasteiger partial charge in [-0.1, -0.05) is 20.1 Å². The minimum absolute atomic E-state index is 0.0158. The number of Topliss-reactive ketones (excluding diaryl/α,β-unsaturated/α-hetero) is 1. The molecule has 10 heterocycles. The smallest absolute Gasteiger partial charge is 0.172 e. The molecule has 10 aliphatic heterocycles. The van der Waals surface area contributed by atoms with Crippen LogP contribution < -0.4 is 5.73 Å². The lowest BCUT2D eigenvalue weighted by molar-refractivity contribution is -0.292. The number of aliphatic hydroxyl groups excluding tert-OH is 1. The highest BCUT2D eigenvalue weighted by Gasteiger charge is 2.68. The Kier molecular flexibility index (Phi) is 10.0. The molecule has 10 aliphatic rings. The summed E-state index contributed by atoms with van der Waals surface area (Å²) >= 11 is 0. The second-order valence-corrected chi connectivity index (χ2v) is 17.4. The Balaban J connectivity index is 0.994. The highest BCUT2D eigenvalue weighted by molar-refractivity contribution is 5.79. The van der Waals surface area contributed by atoms with Crippen molar-refractivity contribution in [1.29, 1.82) is 0 Å². The zero-order valence-corrected chi connectivity index (χ0v) is 30.8. The molecular weight excluding hydrogens is 670 g/mol. The molecule has 52 heavy (non-hydrogen) atoms. The van der Waals surface area contributed by atoms with Crippen molar-refractivity contribution >= 4 is 5.78 Å². The van der Waals surface area contributed by atoms with E-state index in [9.17, 15) is 9.90 Å². The van der Waals surface area contributed by atoms with Crippen LogP contribution in [0.2, 0.25) is 0 Å². The summed E-state index contributed by atoms with van der Waals surface area (Å²) in [5.74, 6) is -0.619. The molecular formula is C40H59NO11. The molecule has 7 unspecified atom stereocenters. The van der Waals surface area contributed by atoms with E-state index in [1.165, 1.54) is 0 Å². The van der Waals surface area contributed by atoms with E-state index in [4.69, 9.17) is 48.4 Å². The van der Waals surface area contributed by atoms with Crippen molar-refractivity contribution in [3.63, 3.8) is 0 Å². The number of carbonyl (C=O) groups is 1. The maximum atomic E-state index is 14.1. The third-order valence-electron chi connectivity index (χ3n) is 14.0. The standard InChI is InChI=1S/C40H59NO11/c1-19-11-24-5-7-28-20(2)12-26(45-28)9-10-40-17-33-36(51-40)37-38(50-33)39(52-40)35-29(49-37)8-6-25(47-35)13-22(42)14-27-31(16-30(46-24)21(19)3)48-32(34(27)44-4)15-23(43)18-41/h19,23-39,43H,2-3,5-18,41H2,1,4H3/t19-,23+,24+,25?,26?,27?,28?,29?,30?,31+,32-,33+,34-,35?,36+,37+,38-,39+,40+/m1/s1. The number of hydrogen-bond acceptors (Lipinski definition) is 12. The van der Waals surface area contributed by atoms with Crippen LogP contribution in [-0.2, 0) is 47.4 Å². The zero-order valence-electron chi connectivity index (χ0n) is 30.8. The summed E-state index contributed by atoms with van der Waals surface area (Å²) in [6, 6.07) is 0. The Morgan fingerprint density at radius 3 is 2.38 bits per heavy atom. The lowest BCUT2D eigenvalue weighted by Crippen LogP contribution is -2.61. The van der Waals surface area contributed by atoms with Gasteiger partial charge in [0, 0.05) is 58.1 Å². The van der Waals surface area contributed by atoms with Gasteiger partial charge < -0.3 is 53.5 Å². The number of carbonyl (C=O) groups excluding carboxylic acids is 1. The van der Waals surface area contributed by atoms with E-state index >= 15 is 0 Å². The molecule has 0 amide bonds. The van der Waals surface area contributed by atoms with E-state index in [1.54, 1.807) is 7.11 Å². The average Bonchev–Trinajstić information content (AvgIpc) is 3.79. The lowest BCUT2D eigenvalue weighted by atomic mass is 9.81. The Hall–Kier alpha value is -1.29. The SMILES string of the molecule is C=C1CC2CC[C@@]34C[C@@H]5O[C@@H]6[C@@H](OC7CCC(CC(=O)CC8[C@H](CC9O[C@@H](CCC1O2)C[C@@H](C)C9=C)O[C@H](C[C@H](O)CN)[C@@H]8OC)OC7[C@@H]6O3)[C@H]5O4. The molecule has 0 aliphatic carbocycles. The van der Waals surface area contributed by atoms with Crippen molar-refractivity contribution in [2.45, 2.75) is 194 Å². The Morgan fingerprint density at radius 1 is 0.808 bits per heavy atom. The molecule has 12 bridgehead atoms. The van der Waals surface area contributed by atoms with Crippen molar-refractivity contribution in [2.75, 3.05) is 13.7 Å². The molecule has 10 rings (SSSR count). The molecule has 10 saturated heterocycles. The topological polar surface area (TPSA) is 146 Å². The second kappa shape index (κ2) is 14.3. The lowest BCUT2D eigenvalue weighted by Gasteiger charge is -2.47. The third-order valence-corrected chi connectivity index (χ3v) is 14.0. The second-order valence-electron chi connectivity index (χ2n) is 17.4. The molecule has 0 radical (unpaired) electrons. The van der Waals surface area contributed by atoms with Crippen molar-refractivity contribution < 1.29 is 52.5 Å². The Labute approximate surface area is 307 Å². The van der Waals surface area contributed by atoms with Crippen molar-refractivity contribution in [3.8, 4) is 0 Å². The van der Waals surface area contributed by atoms with E-state index in [0.717, 1.165) is 56.1 Å². The first-order valence-corrected chi connectivity index (χ1v) is 20.2. The van der Waals surface area contributed by atoms with Gasteiger partial charge in [0.1, 0.15) is 36.3 Å². The van der Waals surface area contributed by atoms with Gasteiger partial charge in [0.2, 0.25) is 0 Å². The minimum atomic E-state index is -0.780.